The van der Waals surface area contributed by atoms with E-state index in [1.54, 1.807) is 7.05 Å². The van der Waals surface area contributed by atoms with Crippen LogP contribution in [0.2, 0.25) is 0 Å². The van der Waals surface area contributed by atoms with Crippen LogP contribution in [0.15, 0.2) is 4.99 Å². The molecule has 1 nitrogen and oxygen atoms in total. The zero-order valence-electron chi connectivity index (χ0n) is 4.60. The van der Waals surface area contributed by atoms with Crippen LogP contribution in [-0.4, -0.2) is 13.3 Å². The van der Waals surface area contributed by atoms with E-state index in [1.807, 2.05) is 6.21 Å². The molecule has 0 unspecified atom stereocenters. The third-order valence-electron chi connectivity index (χ3n) is 0.447. The third-order valence-corrected chi connectivity index (χ3v) is 0.447. The van der Waals surface area contributed by atoms with Crippen molar-refractivity contribution in [3.63, 3.8) is 0 Å². The van der Waals surface area contributed by atoms with Gasteiger partial charge in [-0.3, -0.25) is 0 Å². The zero-order valence-corrected chi connectivity index (χ0v) is 4.60. The van der Waals surface area contributed by atoms with E-state index in [4.69, 9.17) is 0 Å². The van der Waals surface area contributed by atoms with Crippen molar-refractivity contribution in [2.24, 2.45) is 10.9 Å². The average molecular weight is 85.2 g/mol. The van der Waals surface area contributed by atoms with Gasteiger partial charge in [0.2, 0.25) is 0 Å². The van der Waals surface area contributed by atoms with E-state index in [0.717, 1.165) is 0 Å². The standard InChI is InChI=1S/C5H11N/c1-5(2)4-6-3/h4-5H,1-3H3/b6-4-. The smallest absolute Gasteiger partial charge is 0.0273 e. The summed E-state index contributed by atoms with van der Waals surface area (Å²) in [7, 11) is 1.79. The van der Waals surface area contributed by atoms with Gasteiger partial charge in [0.25, 0.3) is 0 Å². The van der Waals surface area contributed by atoms with Crippen LogP contribution in [0.3, 0.4) is 0 Å². The van der Waals surface area contributed by atoms with Crippen LogP contribution < -0.4 is 0 Å². The molecular weight excluding hydrogens is 74.1 g/mol. The molecular formula is C5H11N. The van der Waals surface area contributed by atoms with Crippen molar-refractivity contribution in [3.05, 3.63) is 0 Å². The molecule has 0 aromatic rings. The maximum Gasteiger partial charge on any atom is 0.0273 e. The molecule has 0 radical (unpaired) electrons. The van der Waals surface area contributed by atoms with Crippen molar-refractivity contribution in [2.45, 2.75) is 13.8 Å². The minimum absolute atomic E-state index is 0.606. The van der Waals surface area contributed by atoms with Gasteiger partial charge in [-0.25, -0.2) is 0 Å². The zero-order chi connectivity index (χ0) is 4.99. The first-order chi connectivity index (χ1) is 2.77. The normalized spacial score (nSPS) is 11.3. The Morgan fingerprint density at radius 3 is 2.00 bits per heavy atom. The molecule has 0 aromatic heterocycles. The maximum atomic E-state index is 3.81. The van der Waals surface area contributed by atoms with E-state index in [2.05, 4.69) is 18.8 Å². The summed E-state index contributed by atoms with van der Waals surface area (Å²) in [5, 5.41) is 0. The van der Waals surface area contributed by atoms with Gasteiger partial charge in [-0.15, -0.1) is 0 Å². The predicted octanol–water partition coefficient (Wildman–Crippen LogP) is 1.34. The summed E-state index contributed by atoms with van der Waals surface area (Å²) in [5.74, 6) is 0.606. The van der Waals surface area contributed by atoms with Crippen LogP contribution >= 0.6 is 0 Å². The molecule has 0 aliphatic heterocycles. The quantitative estimate of drug-likeness (QED) is 0.426. The maximum absolute atomic E-state index is 3.81. The summed E-state index contributed by atoms with van der Waals surface area (Å²) in [6, 6.07) is 0. The molecule has 0 aliphatic carbocycles. The molecule has 1 heteroatoms. The lowest BCUT2D eigenvalue weighted by Crippen LogP contribution is -1.84. The van der Waals surface area contributed by atoms with E-state index in [9.17, 15) is 0 Å². The van der Waals surface area contributed by atoms with Gasteiger partial charge in [-0.05, 0) is 5.92 Å². The molecule has 0 heterocycles. The molecule has 0 saturated heterocycles. The third kappa shape index (κ3) is 3.67. The van der Waals surface area contributed by atoms with Gasteiger partial charge in [0.05, 0.1) is 0 Å². The van der Waals surface area contributed by atoms with Gasteiger partial charge in [0, 0.05) is 13.3 Å². The van der Waals surface area contributed by atoms with Crippen LogP contribution in [-0.2, 0) is 0 Å². The van der Waals surface area contributed by atoms with Gasteiger partial charge in [-0.2, -0.15) is 0 Å². The highest BCUT2D eigenvalue weighted by Crippen LogP contribution is 1.81. The largest absolute Gasteiger partial charge is 0.301 e. The molecule has 6 heavy (non-hydrogen) atoms. The Bertz CT molecular complexity index is 45.9. The Labute approximate surface area is 39.1 Å². The lowest BCUT2D eigenvalue weighted by molar-refractivity contribution is 0.905. The van der Waals surface area contributed by atoms with Crippen molar-refractivity contribution < 1.29 is 0 Å². The Morgan fingerprint density at radius 1 is 1.50 bits per heavy atom. The molecule has 0 spiro atoms. The second-order valence-electron chi connectivity index (χ2n) is 1.65. The monoisotopic (exact) mass is 85.1 g/mol. The van der Waals surface area contributed by atoms with Gasteiger partial charge >= 0.3 is 0 Å². The molecule has 0 bridgehead atoms. The molecule has 0 saturated carbocycles. The molecule has 0 aliphatic rings. The molecule has 0 rings (SSSR count). The second-order valence-corrected chi connectivity index (χ2v) is 1.65. The first-order valence-corrected chi connectivity index (χ1v) is 2.19. The lowest BCUT2D eigenvalue weighted by atomic mass is 10.3. The molecule has 0 amide bonds. The fourth-order valence-electron chi connectivity index (χ4n) is 0.298. The molecule has 0 fully saturated rings. The predicted molar refractivity (Wildman–Crippen MR) is 29.3 cm³/mol. The first-order valence-electron chi connectivity index (χ1n) is 2.19. The van der Waals surface area contributed by atoms with E-state index in [0.29, 0.717) is 5.92 Å². The second kappa shape index (κ2) is 2.88. The van der Waals surface area contributed by atoms with Crippen molar-refractivity contribution in [2.75, 3.05) is 7.05 Å². The van der Waals surface area contributed by atoms with E-state index >= 15 is 0 Å². The van der Waals surface area contributed by atoms with Crippen LogP contribution in [0.4, 0.5) is 0 Å². The van der Waals surface area contributed by atoms with E-state index < -0.39 is 0 Å². The molecule has 0 N–H and O–H groups in total. The Kier molecular flexibility index (Phi) is 2.73. The summed E-state index contributed by atoms with van der Waals surface area (Å²) in [4.78, 5) is 3.81. The number of nitrogens with zero attached hydrogens (tertiary/aromatic N) is 1. The number of aliphatic imine (C=N–C) groups is 1. The van der Waals surface area contributed by atoms with Crippen LogP contribution in [0, 0.1) is 5.92 Å². The Morgan fingerprint density at radius 2 is 2.00 bits per heavy atom. The van der Waals surface area contributed by atoms with Gasteiger partial charge in [0.1, 0.15) is 0 Å². The van der Waals surface area contributed by atoms with Gasteiger partial charge in [-0.1, -0.05) is 13.8 Å². The summed E-state index contributed by atoms with van der Waals surface area (Å²) in [5.41, 5.74) is 0. The molecule has 36 valence electrons. The van der Waals surface area contributed by atoms with Gasteiger partial charge in [0.15, 0.2) is 0 Å². The summed E-state index contributed by atoms with van der Waals surface area (Å²) < 4.78 is 0. The van der Waals surface area contributed by atoms with Crippen LogP contribution in [0.1, 0.15) is 13.8 Å². The minimum atomic E-state index is 0.606. The number of rotatable bonds is 1. The number of hydrogen-bond donors (Lipinski definition) is 0. The van der Waals surface area contributed by atoms with Crippen molar-refractivity contribution in [3.8, 4) is 0 Å². The average Bonchev–Trinajstić information content (AvgIpc) is 1.35. The SMILES string of the molecule is C/N=C\C(C)C. The van der Waals surface area contributed by atoms with Gasteiger partial charge < -0.3 is 4.99 Å². The van der Waals surface area contributed by atoms with E-state index in [1.165, 1.54) is 0 Å². The highest BCUT2D eigenvalue weighted by atomic mass is 14.6. The fourth-order valence-corrected chi connectivity index (χ4v) is 0.298. The summed E-state index contributed by atoms with van der Waals surface area (Å²) >= 11 is 0. The first kappa shape index (κ1) is 5.67. The molecule has 0 aromatic carbocycles. The van der Waals surface area contributed by atoms with Crippen molar-refractivity contribution in [1.82, 2.24) is 0 Å². The Balaban J connectivity index is 3.03. The van der Waals surface area contributed by atoms with Crippen LogP contribution in [0.25, 0.3) is 0 Å². The van der Waals surface area contributed by atoms with E-state index in [-0.39, 0.29) is 0 Å². The summed E-state index contributed by atoms with van der Waals surface area (Å²) in [6.45, 7) is 4.21. The topological polar surface area (TPSA) is 12.4 Å². The minimum Gasteiger partial charge on any atom is -0.301 e. The lowest BCUT2D eigenvalue weighted by Gasteiger charge is -1.85. The highest BCUT2D eigenvalue weighted by molar-refractivity contribution is 5.59. The fraction of sp³-hybridized carbons (Fsp3) is 0.800. The Hall–Kier alpha value is -0.330. The van der Waals surface area contributed by atoms with Crippen molar-refractivity contribution in [1.29, 1.82) is 0 Å². The highest BCUT2D eigenvalue weighted by Gasteiger charge is 1.78. The van der Waals surface area contributed by atoms with Crippen LogP contribution in [0.5, 0.6) is 0 Å². The molecule has 0 atom stereocenters. The summed E-state index contributed by atoms with van der Waals surface area (Å²) in [6.07, 6.45) is 1.92. The van der Waals surface area contributed by atoms with Crippen molar-refractivity contribution >= 4 is 6.21 Å². The number of hydrogen-bond acceptors (Lipinski definition) is 1.